The Balaban J connectivity index is 2.16. The van der Waals surface area contributed by atoms with Crippen LogP contribution in [0, 0.1) is 6.92 Å². The maximum Gasteiger partial charge on any atom is 0.252 e. The number of nitrogens with one attached hydrogen (secondary N) is 1. The van der Waals surface area contributed by atoms with Gasteiger partial charge in [0.25, 0.3) is 5.91 Å². The van der Waals surface area contributed by atoms with Gasteiger partial charge in [0.2, 0.25) is 0 Å². The first-order valence-electron chi connectivity index (χ1n) is 5.70. The number of carbonyl (C=O) groups is 1. The molecule has 1 aliphatic heterocycles. The highest BCUT2D eigenvalue weighted by Gasteiger charge is 2.37. The van der Waals surface area contributed by atoms with Crippen molar-refractivity contribution in [3.05, 3.63) is 33.8 Å². The molecule has 0 aromatic heterocycles. The zero-order valence-electron chi connectivity index (χ0n) is 10.2. The molecule has 2 rings (SSSR count). The van der Waals surface area contributed by atoms with E-state index in [9.17, 15) is 13.2 Å². The van der Waals surface area contributed by atoms with Gasteiger partial charge < -0.3 is 5.32 Å². The van der Waals surface area contributed by atoms with Crippen LogP contribution in [0.4, 0.5) is 0 Å². The highest BCUT2D eigenvalue weighted by molar-refractivity contribution is 9.10. The number of rotatable bonds is 2. The van der Waals surface area contributed by atoms with Crippen LogP contribution in [0.3, 0.4) is 0 Å². The summed E-state index contributed by atoms with van der Waals surface area (Å²) in [5.41, 5.74) is 1.43. The summed E-state index contributed by atoms with van der Waals surface area (Å²) >= 11 is 9.27. The molecule has 1 saturated heterocycles. The minimum Gasteiger partial charge on any atom is -0.347 e. The lowest BCUT2D eigenvalue weighted by Crippen LogP contribution is -2.40. The summed E-state index contributed by atoms with van der Waals surface area (Å²) in [7, 11) is -3.15. The molecule has 1 aromatic carbocycles. The van der Waals surface area contributed by atoms with Gasteiger partial charge >= 0.3 is 0 Å². The minimum absolute atomic E-state index is 0.0888. The Hall–Kier alpha value is -0.590. The fraction of sp³-hybridized carbons (Fsp3) is 0.417. The fourth-order valence-corrected chi connectivity index (χ4v) is 4.97. The molecular formula is C12H13BrClNO3S. The molecule has 1 N–H and O–H groups in total. The first-order chi connectivity index (χ1) is 8.78. The van der Waals surface area contributed by atoms with Crippen LogP contribution >= 0.6 is 27.5 Å². The average molecular weight is 367 g/mol. The summed E-state index contributed by atoms with van der Waals surface area (Å²) in [6.07, 6.45) is 0. The minimum atomic E-state index is -3.15. The van der Waals surface area contributed by atoms with Crippen molar-refractivity contribution in [3.63, 3.8) is 0 Å². The predicted octanol–water partition coefficient (Wildman–Crippen LogP) is 1.89. The van der Waals surface area contributed by atoms with Crippen LogP contribution < -0.4 is 5.32 Å². The lowest BCUT2D eigenvalue weighted by atomic mass is 10.1. The molecule has 0 radical (unpaired) electrons. The van der Waals surface area contributed by atoms with Gasteiger partial charge in [0.15, 0.2) is 9.84 Å². The van der Waals surface area contributed by atoms with E-state index < -0.39 is 21.3 Å². The van der Waals surface area contributed by atoms with Crippen molar-refractivity contribution < 1.29 is 13.2 Å². The van der Waals surface area contributed by atoms with Crippen molar-refractivity contribution in [2.45, 2.75) is 18.3 Å². The van der Waals surface area contributed by atoms with Gasteiger partial charge in [-0.2, -0.15) is 0 Å². The number of halogens is 2. The molecular weight excluding hydrogens is 354 g/mol. The highest BCUT2D eigenvalue weighted by Crippen LogP contribution is 2.21. The predicted molar refractivity (Wildman–Crippen MR) is 78.4 cm³/mol. The van der Waals surface area contributed by atoms with Gasteiger partial charge in [0, 0.05) is 4.47 Å². The van der Waals surface area contributed by atoms with Crippen LogP contribution in [0.2, 0.25) is 0 Å². The Morgan fingerprint density at radius 3 is 2.68 bits per heavy atom. The third kappa shape index (κ3) is 3.49. The van der Waals surface area contributed by atoms with Gasteiger partial charge in [-0.3, -0.25) is 4.79 Å². The largest absolute Gasteiger partial charge is 0.347 e. The van der Waals surface area contributed by atoms with E-state index in [0.717, 1.165) is 5.56 Å². The zero-order chi connectivity index (χ0) is 14.2. The van der Waals surface area contributed by atoms with Gasteiger partial charge in [-0.25, -0.2) is 8.42 Å². The van der Waals surface area contributed by atoms with Gasteiger partial charge in [-0.1, -0.05) is 11.6 Å². The maximum absolute atomic E-state index is 12.1. The van der Waals surface area contributed by atoms with Crippen LogP contribution in [0.1, 0.15) is 15.9 Å². The molecule has 2 atom stereocenters. The molecule has 19 heavy (non-hydrogen) atoms. The molecule has 0 aliphatic carbocycles. The third-order valence-electron chi connectivity index (χ3n) is 2.97. The van der Waals surface area contributed by atoms with Crippen LogP contribution in [0.5, 0.6) is 0 Å². The SMILES string of the molecule is Cc1ccc(Br)c(C(=O)NC2CS(=O)(=O)CC2Cl)c1. The summed E-state index contributed by atoms with van der Waals surface area (Å²) in [6, 6.07) is 4.87. The van der Waals surface area contributed by atoms with Gasteiger partial charge in [-0.05, 0) is 35.0 Å². The normalized spacial score (nSPS) is 25.2. The molecule has 4 nitrogen and oxygen atoms in total. The summed E-state index contributed by atoms with van der Waals surface area (Å²) in [5, 5.41) is 2.12. The Labute approximate surface area is 125 Å². The number of alkyl halides is 1. The summed E-state index contributed by atoms with van der Waals surface area (Å²) in [6.45, 7) is 1.88. The smallest absolute Gasteiger partial charge is 0.252 e. The lowest BCUT2D eigenvalue weighted by molar-refractivity contribution is 0.0940. The standard InChI is InChI=1S/C12H13BrClNO3S/c1-7-2-3-9(13)8(4-7)12(16)15-11-6-19(17,18)5-10(11)14/h2-4,10-11H,5-6H2,1H3,(H,15,16). The Morgan fingerprint density at radius 2 is 2.11 bits per heavy atom. The fourth-order valence-electron chi connectivity index (χ4n) is 2.00. The van der Waals surface area contributed by atoms with E-state index in [1.165, 1.54) is 0 Å². The van der Waals surface area contributed by atoms with Crippen molar-refractivity contribution in [2.24, 2.45) is 0 Å². The zero-order valence-corrected chi connectivity index (χ0v) is 13.3. The molecule has 1 aliphatic rings. The lowest BCUT2D eigenvalue weighted by Gasteiger charge is -2.15. The van der Waals surface area contributed by atoms with E-state index in [1.807, 2.05) is 13.0 Å². The first kappa shape index (κ1) is 14.8. The second-order valence-corrected chi connectivity index (χ2v) is 8.22. The van der Waals surface area contributed by atoms with Crippen molar-refractivity contribution in [2.75, 3.05) is 11.5 Å². The van der Waals surface area contributed by atoms with E-state index in [0.29, 0.717) is 10.0 Å². The number of carbonyl (C=O) groups excluding carboxylic acids is 1. The number of amides is 1. The second-order valence-electron chi connectivity index (χ2n) is 4.66. The van der Waals surface area contributed by atoms with Crippen LogP contribution in [-0.2, 0) is 9.84 Å². The van der Waals surface area contributed by atoms with Crippen molar-refractivity contribution in [3.8, 4) is 0 Å². The first-order valence-corrected chi connectivity index (χ1v) is 8.75. The van der Waals surface area contributed by atoms with E-state index in [-0.39, 0.29) is 17.4 Å². The Morgan fingerprint density at radius 1 is 1.42 bits per heavy atom. The molecule has 7 heteroatoms. The van der Waals surface area contributed by atoms with Crippen molar-refractivity contribution in [1.29, 1.82) is 0 Å². The van der Waals surface area contributed by atoms with E-state index in [2.05, 4.69) is 21.2 Å². The van der Waals surface area contributed by atoms with Crippen LogP contribution in [0.15, 0.2) is 22.7 Å². The molecule has 0 bridgehead atoms. The number of hydrogen-bond acceptors (Lipinski definition) is 3. The monoisotopic (exact) mass is 365 g/mol. The molecule has 1 heterocycles. The van der Waals surface area contributed by atoms with Gasteiger partial charge in [0.05, 0.1) is 28.5 Å². The van der Waals surface area contributed by atoms with Crippen LogP contribution in [-0.4, -0.2) is 37.2 Å². The van der Waals surface area contributed by atoms with Gasteiger partial charge in [0.1, 0.15) is 0 Å². The summed E-state index contributed by atoms with van der Waals surface area (Å²) < 4.78 is 23.6. The number of benzene rings is 1. The topological polar surface area (TPSA) is 63.2 Å². The number of aryl methyl sites for hydroxylation is 1. The summed E-state index contributed by atoms with van der Waals surface area (Å²) in [5.74, 6) is -0.506. The molecule has 1 fully saturated rings. The van der Waals surface area contributed by atoms with E-state index in [4.69, 9.17) is 11.6 Å². The molecule has 0 saturated carbocycles. The van der Waals surface area contributed by atoms with Crippen LogP contribution in [0.25, 0.3) is 0 Å². The Bertz CT molecular complexity index is 617. The van der Waals surface area contributed by atoms with Gasteiger partial charge in [-0.15, -0.1) is 11.6 Å². The Kier molecular flexibility index (Phi) is 4.23. The molecule has 104 valence electrons. The highest BCUT2D eigenvalue weighted by atomic mass is 79.9. The summed E-state index contributed by atoms with van der Waals surface area (Å²) in [4.78, 5) is 12.1. The maximum atomic E-state index is 12.1. The molecule has 2 unspecified atom stereocenters. The molecule has 1 amide bonds. The second kappa shape index (κ2) is 5.42. The third-order valence-corrected chi connectivity index (χ3v) is 6.03. The van der Waals surface area contributed by atoms with Crippen molar-refractivity contribution in [1.82, 2.24) is 5.32 Å². The quantitative estimate of drug-likeness (QED) is 0.813. The number of hydrogen-bond donors (Lipinski definition) is 1. The van der Waals surface area contributed by atoms with Crippen molar-refractivity contribution >= 4 is 43.3 Å². The van der Waals surface area contributed by atoms with E-state index in [1.54, 1.807) is 12.1 Å². The molecule has 0 spiro atoms. The average Bonchev–Trinajstić information content (AvgIpc) is 2.55. The number of sulfone groups is 1. The van der Waals surface area contributed by atoms with E-state index >= 15 is 0 Å². The molecule has 1 aromatic rings.